The summed E-state index contributed by atoms with van der Waals surface area (Å²) in [4.78, 5) is 26.9. The number of rotatable bonds is 3. The largest absolute Gasteiger partial charge is 0.468 e. The Morgan fingerprint density at radius 3 is 2.82 bits per heavy atom. The van der Waals surface area contributed by atoms with Crippen LogP contribution in [0.1, 0.15) is 12.0 Å². The Kier molecular flexibility index (Phi) is 4.27. The van der Waals surface area contributed by atoms with Gasteiger partial charge in [-0.3, -0.25) is 14.5 Å². The van der Waals surface area contributed by atoms with E-state index in [1.54, 1.807) is 0 Å². The lowest BCUT2D eigenvalue weighted by atomic mass is 9.73. The molecule has 0 radical (unpaired) electrons. The van der Waals surface area contributed by atoms with Gasteiger partial charge in [0.25, 0.3) is 0 Å². The number of methoxy groups -OCH3 is 1. The number of carbonyl (C=O) groups excluding carboxylic acids is 2. The molecule has 0 N–H and O–H groups in total. The minimum absolute atomic E-state index is 0.0128. The molecule has 1 aromatic rings. The molecule has 2 aliphatic heterocycles. The highest BCUT2D eigenvalue weighted by molar-refractivity contribution is 6.03. The van der Waals surface area contributed by atoms with Crippen molar-refractivity contribution >= 4 is 11.8 Å². The first-order chi connectivity index (χ1) is 10.6. The standard InChI is InChI=1S/C17H21NO4/c1-21-16(20)14-10-18(9-13-5-3-2-4-6-13)11-17(15(14)19)7-8-22-12-17/h2-6,14H,7-12H2,1H3. The minimum atomic E-state index is -0.704. The lowest BCUT2D eigenvalue weighted by Gasteiger charge is -2.41. The number of carbonyl (C=O) groups is 2. The third kappa shape index (κ3) is 2.78. The quantitative estimate of drug-likeness (QED) is 0.622. The average molecular weight is 303 g/mol. The van der Waals surface area contributed by atoms with Gasteiger partial charge in [0.2, 0.25) is 0 Å². The van der Waals surface area contributed by atoms with E-state index in [0.717, 1.165) is 6.54 Å². The normalized spacial score (nSPS) is 29.0. The third-order valence-electron chi connectivity index (χ3n) is 4.64. The van der Waals surface area contributed by atoms with Crippen LogP contribution in [-0.2, 0) is 25.6 Å². The fourth-order valence-electron chi connectivity index (χ4n) is 3.49. The van der Waals surface area contributed by atoms with Crippen molar-refractivity contribution in [2.45, 2.75) is 13.0 Å². The molecule has 3 rings (SSSR count). The van der Waals surface area contributed by atoms with E-state index >= 15 is 0 Å². The Morgan fingerprint density at radius 2 is 2.18 bits per heavy atom. The van der Waals surface area contributed by atoms with Crippen molar-refractivity contribution in [2.75, 3.05) is 33.4 Å². The summed E-state index contributed by atoms with van der Waals surface area (Å²) in [6, 6.07) is 10.1. The number of likely N-dealkylation sites (tertiary alicyclic amines) is 1. The van der Waals surface area contributed by atoms with Crippen molar-refractivity contribution in [1.82, 2.24) is 4.90 Å². The molecule has 2 aliphatic rings. The summed E-state index contributed by atoms with van der Waals surface area (Å²) < 4.78 is 10.3. The number of hydrogen-bond acceptors (Lipinski definition) is 5. The molecule has 0 aliphatic carbocycles. The summed E-state index contributed by atoms with van der Waals surface area (Å²) in [7, 11) is 1.34. The number of piperidine rings is 1. The molecule has 0 aromatic heterocycles. The zero-order valence-corrected chi connectivity index (χ0v) is 12.8. The number of esters is 1. The van der Waals surface area contributed by atoms with E-state index in [4.69, 9.17) is 9.47 Å². The van der Waals surface area contributed by atoms with Crippen LogP contribution >= 0.6 is 0 Å². The number of Topliss-reactive ketones (excluding diaryl/α,β-unsaturated/α-hetero) is 1. The first-order valence-corrected chi connectivity index (χ1v) is 7.61. The van der Waals surface area contributed by atoms with Crippen LogP contribution in [0.4, 0.5) is 0 Å². The average Bonchev–Trinajstić information content (AvgIpc) is 3.00. The number of benzene rings is 1. The van der Waals surface area contributed by atoms with Crippen LogP contribution in [0.15, 0.2) is 30.3 Å². The van der Waals surface area contributed by atoms with Crippen molar-refractivity contribution in [3.63, 3.8) is 0 Å². The van der Waals surface area contributed by atoms with E-state index < -0.39 is 17.3 Å². The maximum absolute atomic E-state index is 12.7. The predicted molar refractivity (Wildman–Crippen MR) is 80.1 cm³/mol. The molecular formula is C17H21NO4. The first kappa shape index (κ1) is 15.2. The molecule has 0 bridgehead atoms. The molecule has 22 heavy (non-hydrogen) atoms. The molecule has 5 heteroatoms. The molecule has 118 valence electrons. The van der Waals surface area contributed by atoms with E-state index in [0.29, 0.717) is 32.7 Å². The van der Waals surface area contributed by atoms with Gasteiger partial charge in [0.1, 0.15) is 5.92 Å². The Labute approximate surface area is 130 Å². The molecule has 1 spiro atoms. The zero-order chi connectivity index (χ0) is 15.6. The Morgan fingerprint density at radius 1 is 1.41 bits per heavy atom. The summed E-state index contributed by atoms with van der Waals surface area (Å²) in [6.45, 7) is 2.78. The molecule has 2 fully saturated rings. The molecule has 2 atom stereocenters. The molecule has 0 amide bonds. The zero-order valence-electron chi connectivity index (χ0n) is 12.8. The second-order valence-electron chi connectivity index (χ2n) is 6.18. The van der Waals surface area contributed by atoms with Gasteiger partial charge in [0, 0.05) is 26.2 Å². The summed E-state index contributed by atoms with van der Waals surface area (Å²) in [5, 5.41) is 0. The van der Waals surface area contributed by atoms with Gasteiger partial charge in [-0.2, -0.15) is 0 Å². The summed E-state index contributed by atoms with van der Waals surface area (Å²) in [5.74, 6) is -1.15. The van der Waals surface area contributed by atoms with E-state index in [1.165, 1.54) is 12.7 Å². The SMILES string of the molecule is COC(=O)C1CN(Cc2ccccc2)CC2(CCOC2)C1=O. The summed E-state index contributed by atoms with van der Waals surface area (Å²) in [5.41, 5.74) is 0.626. The van der Waals surface area contributed by atoms with Crippen LogP contribution in [-0.4, -0.2) is 50.1 Å². The highest BCUT2D eigenvalue weighted by Gasteiger charge is 2.52. The van der Waals surface area contributed by atoms with Crippen LogP contribution in [0.5, 0.6) is 0 Å². The summed E-state index contributed by atoms with van der Waals surface area (Å²) >= 11 is 0. The van der Waals surface area contributed by atoms with Gasteiger partial charge in [-0.1, -0.05) is 30.3 Å². The molecule has 2 heterocycles. The van der Waals surface area contributed by atoms with Gasteiger partial charge in [-0.05, 0) is 12.0 Å². The Bertz CT molecular complexity index is 551. The van der Waals surface area contributed by atoms with E-state index in [-0.39, 0.29) is 5.78 Å². The monoisotopic (exact) mass is 303 g/mol. The van der Waals surface area contributed by atoms with Crippen LogP contribution in [0, 0.1) is 11.3 Å². The predicted octanol–water partition coefficient (Wildman–Crippen LogP) is 1.27. The van der Waals surface area contributed by atoms with E-state index in [1.807, 2.05) is 18.2 Å². The van der Waals surface area contributed by atoms with Gasteiger partial charge >= 0.3 is 5.97 Å². The fraction of sp³-hybridized carbons (Fsp3) is 0.529. The number of nitrogens with zero attached hydrogens (tertiary/aromatic N) is 1. The van der Waals surface area contributed by atoms with Crippen molar-refractivity contribution in [3.05, 3.63) is 35.9 Å². The minimum Gasteiger partial charge on any atom is -0.468 e. The lowest BCUT2D eigenvalue weighted by Crippen LogP contribution is -2.56. The second kappa shape index (κ2) is 6.18. The number of ketones is 1. The third-order valence-corrected chi connectivity index (χ3v) is 4.64. The number of hydrogen-bond donors (Lipinski definition) is 0. The topological polar surface area (TPSA) is 55.8 Å². The smallest absolute Gasteiger partial charge is 0.317 e. The molecule has 5 nitrogen and oxygen atoms in total. The highest BCUT2D eigenvalue weighted by Crippen LogP contribution is 2.38. The number of ether oxygens (including phenoxy) is 2. The molecule has 0 saturated carbocycles. The van der Waals surface area contributed by atoms with Gasteiger partial charge in [-0.15, -0.1) is 0 Å². The van der Waals surface area contributed by atoms with Crippen molar-refractivity contribution in [3.8, 4) is 0 Å². The van der Waals surface area contributed by atoms with Gasteiger partial charge in [0.05, 0.1) is 19.1 Å². The maximum Gasteiger partial charge on any atom is 0.317 e. The Balaban J connectivity index is 1.82. The second-order valence-corrected chi connectivity index (χ2v) is 6.18. The summed E-state index contributed by atoms with van der Waals surface area (Å²) in [6.07, 6.45) is 0.685. The molecule has 2 unspecified atom stereocenters. The molecule has 2 saturated heterocycles. The lowest BCUT2D eigenvalue weighted by molar-refractivity contribution is -0.158. The van der Waals surface area contributed by atoms with Crippen LogP contribution < -0.4 is 0 Å². The van der Waals surface area contributed by atoms with Gasteiger partial charge < -0.3 is 9.47 Å². The molecule has 1 aromatic carbocycles. The fourth-order valence-corrected chi connectivity index (χ4v) is 3.49. The van der Waals surface area contributed by atoms with Crippen molar-refractivity contribution < 1.29 is 19.1 Å². The van der Waals surface area contributed by atoms with Crippen molar-refractivity contribution in [2.24, 2.45) is 11.3 Å². The van der Waals surface area contributed by atoms with Crippen LogP contribution in [0.2, 0.25) is 0 Å². The maximum atomic E-state index is 12.7. The van der Waals surface area contributed by atoms with Crippen LogP contribution in [0.25, 0.3) is 0 Å². The van der Waals surface area contributed by atoms with E-state index in [2.05, 4.69) is 17.0 Å². The van der Waals surface area contributed by atoms with Gasteiger partial charge in [0.15, 0.2) is 5.78 Å². The first-order valence-electron chi connectivity index (χ1n) is 7.61. The van der Waals surface area contributed by atoms with Crippen LogP contribution in [0.3, 0.4) is 0 Å². The Hall–Kier alpha value is -1.72. The highest BCUT2D eigenvalue weighted by atomic mass is 16.5. The molecular weight excluding hydrogens is 282 g/mol. The van der Waals surface area contributed by atoms with Gasteiger partial charge in [-0.25, -0.2) is 0 Å². The van der Waals surface area contributed by atoms with Crippen molar-refractivity contribution in [1.29, 1.82) is 0 Å². The van der Waals surface area contributed by atoms with E-state index in [9.17, 15) is 9.59 Å².